The topological polar surface area (TPSA) is 8.17 Å². The van der Waals surface area contributed by atoms with Crippen LogP contribution < -0.4 is 4.90 Å². The van der Waals surface area contributed by atoms with Gasteiger partial charge in [-0.25, -0.2) is 0 Å². The lowest BCUT2D eigenvalue weighted by atomic mass is 9.65. The second-order valence-corrected chi connectivity index (χ2v) is 20.8. The molecule has 0 saturated heterocycles. The van der Waals surface area contributed by atoms with E-state index in [0.29, 0.717) is 0 Å². The van der Waals surface area contributed by atoms with Crippen LogP contribution in [0.15, 0.2) is 218 Å². The number of anilines is 3. The average molecular weight is 881 g/mol. The maximum atomic E-state index is 2.58. The van der Waals surface area contributed by atoms with Crippen molar-refractivity contribution in [3.05, 3.63) is 263 Å². The highest BCUT2D eigenvalue weighted by atomic mass is 15.1. The van der Waals surface area contributed by atoms with Crippen LogP contribution in [-0.2, 0) is 16.2 Å². The minimum atomic E-state index is -0.500. The van der Waals surface area contributed by atoms with Crippen molar-refractivity contribution >= 4 is 38.9 Å². The molecule has 0 atom stereocenters. The molecule has 10 aromatic carbocycles. The lowest BCUT2D eigenvalue weighted by Gasteiger charge is -2.40. The molecule has 3 aliphatic carbocycles. The van der Waals surface area contributed by atoms with Crippen molar-refractivity contribution in [2.45, 2.75) is 43.9 Å². The van der Waals surface area contributed by atoms with Crippen molar-refractivity contribution in [1.29, 1.82) is 0 Å². The SMILES string of the molecule is CC1(C)c2ccccc2-c2ccc(N(c3ccc4c(c3)C(C)(C)c3ccccc3-4)c3ccccc3-c3ccc4c(c3)-n3c5ccccc5c5cccc(c53)C43c4ccccc4-c4ccccc43)cc21. The van der Waals surface area contributed by atoms with E-state index in [0.717, 1.165) is 17.1 Å². The Kier molecular flexibility index (Phi) is 7.60. The second kappa shape index (κ2) is 13.5. The first-order valence-electron chi connectivity index (χ1n) is 24.5. The Morgan fingerprint density at radius 2 is 0.797 bits per heavy atom. The van der Waals surface area contributed by atoms with Gasteiger partial charge in [-0.3, -0.25) is 0 Å². The zero-order valence-corrected chi connectivity index (χ0v) is 39.2. The van der Waals surface area contributed by atoms with Gasteiger partial charge in [0.25, 0.3) is 0 Å². The van der Waals surface area contributed by atoms with Gasteiger partial charge < -0.3 is 9.47 Å². The van der Waals surface area contributed by atoms with Crippen molar-refractivity contribution < 1.29 is 0 Å². The third-order valence-corrected chi connectivity index (χ3v) is 16.8. The Balaban J connectivity index is 0.994. The van der Waals surface area contributed by atoms with Gasteiger partial charge in [0.15, 0.2) is 0 Å². The van der Waals surface area contributed by atoms with Gasteiger partial charge in [-0.1, -0.05) is 204 Å². The molecule has 11 aromatic rings. The Bertz CT molecular complexity index is 3890. The van der Waals surface area contributed by atoms with Crippen molar-refractivity contribution in [3.63, 3.8) is 0 Å². The van der Waals surface area contributed by atoms with Crippen LogP contribution in [0.5, 0.6) is 0 Å². The van der Waals surface area contributed by atoms with Gasteiger partial charge in [0.05, 0.1) is 27.8 Å². The predicted molar refractivity (Wildman–Crippen MR) is 287 cm³/mol. The van der Waals surface area contributed by atoms with Crippen LogP contribution in [0.3, 0.4) is 0 Å². The van der Waals surface area contributed by atoms with E-state index in [1.165, 1.54) is 117 Å². The molecule has 0 unspecified atom stereocenters. The molecule has 2 nitrogen and oxygen atoms in total. The summed E-state index contributed by atoms with van der Waals surface area (Å²) in [6.07, 6.45) is 0. The van der Waals surface area contributed by atoms with Crippen molar-refractivity contribution in [3.8, 4) is 50.2 Å². The maximum absolute atomic E-state index is 2.58. The molecule has 69 heavy (non-hydrogen) atoms. The molecule has 0 amide bonds. The summed E-state index contributed by atoms with van der Waals surface area (Å²) in [5.41, 5.74) is 27.5. The summed E-state index contributed by atoms with van der Waals surface area (Å²) in [4.78, 5) is 2.54. The normalized spacial score (nSPS) is 15.3. The second-order valence-electron chi connectivity index (χ2n) is 20.8. The van der Waals surface area contributed by atoms with Crippen LogP contribution in [0.1, 0.15) is 72.2 Å². The minimum Gasteiger partial charge on any atom is -0.310 e. The first-order valence-corrected chi connectivity index (χ1v) is 24.5. The third kappa shape index (κ3) is 4.86. The molecule has 1 spiro atoms. The quantitative estimate of drug-likeness (QED) is 0.171. The first-order chi connectivity index (χ1) is 33.8. The Morgan fingerprint density at radius 3 is 1.41 bits per heavy atom. The Hall–Kier alpha value is -8.20. The predicted octanol–water partition coefficient (Wildman–Crippen LogP) is 17.2. The summed E-state index contributed by atoms with van der Waals surface area (Å²) in [6.45, 7) is 9.54. The summed E-state index contributed by atoms with van der Waals surface area (Å²) in [5, 5.41) is 2.56. The van der Waals surface area contributed by atoms with E-state index < -0.39 is 5.41 Å². The van der Waals surface area contributed by atoms with E-state index >= 15 is 0 Å². The molecule has 2 heterocycles. The van der Waals surface area contributed by atoms with Crippen LogP contribution in [0.25, 0.3) is 72.0 Å². The van der Waals surface area contributed by atoms with Gasteiger partial charge in [0.1, 0.15) is 0 Å². The molecule has 15 rings (SSSR count). The van der Waals surface area contributed by atoms with Gasteiger partial charge in [0.2, 0.25) is 0 Å². The standard InChI is InChI=1S/C67H48N2/c1-65(2)53-25-11-5-19-45(53)49-35-33-42(39-59(49)65)68(43-34-36-50-46-20-6-12-26-54(46)66(3,4)60(50)40-43)61-30-15-9-18-44(61)41-32-37-57-63(38-41)69-62-31-16-10-23-51(62)52-24-17-29-58(64(52)69)67(57)55-27-13-7-21-47(55)48-22-8-14-28-56(48)67/h5-40H,1-4H3. The smallest absolute Gasteiger partial charge is 0.0754 e. The molecule has 326 valence electrons. The molecule has 0 saturated carbocycles. The molecule has 1 aromatic heterocycles. The van der Waals surface area contributed by atoms with Crippen molar-refractivity contribution in [1.82, 2.24) is 4.57 Å². The summed E-state index contributed by atoms with van der Waals surface area (Å²) >= 11 is 0. The Labute approximate surface area is 403 Å². The van der Waals surface area contributed by atoms with E-state index in [-0.39, 0.29) is 10.8 Å². The molecule has 4 aliphatic rings. The highest BCUT2D eigenvalue weighted by Crippen LogP contribution is 2.62. The fourth-order valence-corrected chi connectivity index (χ4v) is 13.7. The van der Waals surface area contributed by atoms with Gasteiger partial charge in [-0.05, 0) is 126 Å². The first kappa shape index (κ1) is 38.9. The number of benzene rings is 10. The van der Waals surface area contributed by atoms with E-state index in [1.54, 1.807) is 0 Å². The number of aromatic nitrogens is 1. The number of fused-ring (bicyclic) bond motifs is 18. The van der Waals surface area contributed by atoms with Gasteiger partial charge in [-0.15, -0.1) is 0 Å². The molecule has 0 bridgehead atoms. The highest BCUT2D eigenvalue weighted by Gasteiger charge is 2.51. The van der Waals surface area contributed by atoms with E-state index in [9.17, 15) is 0 Å². The summed E-state index contributed by atoms with van der Waals surface area (Å²) in [6, 6.07) is 83.0. The molecule has 0 fully saturated rings. The zero-order valence-electron chi connectivity index (χ0n) is 39.2. The van der Waals surface area contributed by atoms with Crippen LogP contribution >= 0.6 is 0 Å². The van der Waals surface area contributed by atoms with E-state index in [2.05, 4.69) is 256 Å². The summed E-state index contributed by atoms with van der Waals surface area (Å²) in [5.74, 6) is 0. The number of rotatable bonds is 4. The fourth-order valence-electron chi connectivity index (χ4n) is 13.7. The number of para-hydroxylation sites is 3. The third-order valence-electron chi connectivity index (χ3n) is 16.8. The Morgan fingerprint density at radius 1 is 0.333 bits per heavy atom. The van der Waals surface area contributed by atoms with Crippen LogP contribution in [0.2, 0.25) is 0 Å². The number of hydrogen-bond donors (Lipinski definition) is 0. The molecule has 0 radical (unpaired) electrons. The average Bonchev–Trinajstić information content (AvgIpc) is 4.04. The lowest BCUT2D eigenvalue weighted by Crippen LogP contribution is -2.33. The van der Waals surface area contributed by atoms with E-state index in [1.807, 2.05) is 0 Å². The van der Waals surface area contributed by atoms with Crippen LogP contribution in [0.4, 0.5) is 17.1 Å². The van der Waals surface area contributed by atoms with E-state index in [4.69, 9.17) is 0 Å². The summed E-state index contributed by atoms with van der Waals surface area (Å²) in [7, 11) is 0. The largest absolute Gasteiger partial charge is 0.310 e. The molecule has 1 aliphatic heterocycles. The van der Waals surface area contributed by atoms with Gasteiger partial charge in [0, 0.05) is 38.5 Å². The van der Waals surface area contributed by atoms with Gasteiger partial charge in [-0.2, -0.15) is 0 Å². The van der Waals surface area contributed by atoms with Gasteiger partial charge >= 0.3 is 0 Å². The minimum absolute atomic E-state index is 0.151. The summed E-state index contributed by atoms with van der Waals surface area (Å²) < 4.78 is 2.58. The van der Waals surface area contributed by atoms with Crippen molar-refractivity contribution in [2.24, 2.45) is 0 Å². The zero-order chi connectivity index (χ0) is 46.0. The molecule has 2 heteroatoms. The highest BCUT2D eigenvalue weighted by molar-refractivity contribution is 6.13. The molecule has 0 N–H and O–H groups in total. The molecular weight excluding hydrogens is 833 g/mol. The lowest BCUT2D eigenvalue weighted by molar-refractivity contribution is 0.660. The van der Waals surface area contributed by atoms with Crippen LogP contribution in [0, 0.1) is 0 Å². The van der Waals surface area contributed by atoms with Crippen LogP contribution in [-0.4, -0.2) is 4.57 Å². The van der Waals surface area contributed by atoms with Crippen molar-refractivity contribution in [2.75, 3.05) is 4.90 Å². The fraction of sp³-hybridized carbons (Fsp3) is 0.104. The number of nitrogens with zero attached hydrogens (tertiary/aromatic N) is 2. The maximum Gasteiger partial charge on any atom is 0.0754 e. The molecular formula is C67H48N2. The number of hydrogen-bond acceptors (Lipinski definition) is 1. The monoisotopic (exact) mass is 880 g/mol.